The number of nitrogens with zero attached hydrogens (tertiary/aromatic N) is 1. The van der Waals surface area contributed by atoms with E-state index in [0.29, 0.717) is 0 Å². The molecule has 1 rings (SSSR count). The van der Waals surface area contributed by atoms with E-state index >= 15 is 0 Å². The molecular formula is C13H17NO2. The Labute approximate surface area is 96.2 Å². The van der Waals surface area contributed by atoms with Gasteiger partial charge in [-0.2, -0.15) is 4.99 Å². The van der Waals surface area contributed by atoms with Crippen molar-refractivity contribution >= 4 is 6.08 Å². The molecule has 0 aliphatic carbocycles. The van der Waals surface area contributed by atoms with Crippen molar-refractivity contribution in [1.29, 1.82) is 0 Å². The third kappa shape index (κ3) is 3.87. The average molecular weight is 219 g/mol. The van der Waals surface area contributed by atoms with E-state index in [1.807, 2.05) is 38.1 Å². The van der Waals surface area contributed by atoms with Crippen LogP contribution in [0.25, 0.3) is 0 Å². The van der Waals surface area contributed by atoms with Crippen molar-refractivity contribution in [3.8, 4) is 5.75 Å². The molecule has 0 saturated carbocycles. The molecule has 0 amide bonds. The van der Waals surface area contributed by atoms with Crippen molar-refractivity contribution in [2.75, 3.05) is 7.11 Å². The molecule has 0 radical (unpaired) electrons. The zero-order chi connectivity index (χ0) is 12.0. The van der Waals surface area contributed by atoms with Gasteiger partial charge in [0.1, 0.15) is 5.75 Å². The number of methoxy groups -OCH3 is 1. The first-order valence-corrected chi connectivity index (χ1v) is 5.29. The fourth-order valence-electron chi connectivity index (χ4n) is 1.42. The minimum Gasteiger partial charge on any atom is -0.497 e. The van der Waals surface area contributed by atoms with Crippen LogP contribution in [0.1, 0.15) is 25.8 Å². The lowest BCUT2D eigenvalue weighted by Crippen LogP contribution is -2.17. The lowest BCUT2D eigenvalue weighted by atomic mass is 9.96. The Morgan fingerprint density at radius 3 is 2.44 bits per heavy atom. The SMILES string of the molecule is COc1ccc(CCC(C)(C)N=C=O)cc1. The van der Waals surface area contributed by atoms with Crippen LogP contribution in [0.15, 0.2) is 29.3 Å². The van der Waals surface area contributed by atoms with Crippen molar-refractivity contribution in [1.82, 2.24) is 0 Å². The zero-order valence-electron chi connectivity index (χ0n) is 9.99. The summed E-state index contributed by atoms with van der Waals surface area (Å²) in [4.78, 5) is 14.0. The summed E-state index contributed by atoms with van der Waals surface area (Å²) in [6.45, 7) is 3.86. The third-order valence-corrected chi connectivity index (χ3v) is 2.53. The van der Waals surface area contributed by atoms with Gasteiger partial charge in [0.2, 0.25) is 6.08 Å². The van der Waals surface area contributed by atoms with E-state index in [-0.39, 0.29) is 5.54 Å². The molecule has 0 atom stereocenters. The summed E-state index contributed by atoms with van der Waals surface area (Å²) < 4.78 is 5.08. The lowest BCUT2D eigenvalue weighted by Gasteiger charge is -2.16. The number of hydrogen-bond acceptors (Lipinski definition) is 3. The van der Waals surface area contributed by atoms with Crippen LogP contribution >= 0.6 is 0 Å². The Hall–Kier alpha value is -1.60. The van der Waals surface area contributed by atoms with E-state index in [9.17, 15) is 4.79 Å². The Morgan fingerprint density at radius 2 is 1.94 bits per heavy atom. The first-order valence-electron chi connectivity index (χ1n) is 5.29. The maximum Gasteiger partial charge on any atom is 0.235 e. The number of aryl methyl sites for hydroxylation is 1. The fraction of sp³-hybridized carbons (Fsp3) is 0.462. The van der Waals surface area contributed by atoms with Crippen molar-refractivity contribution < 1.29 is 9.53 Å². The van der Waals surface area contributed by atoms with Crippen LogP contribution in [0.4, 0.5) is 0 Å². The molecule has 0 aliphatic rings. The van der Waals surface area contributed by atoms with Crippen LogP contribution in [0, 0.1) is 0 Å². The van der Waals surface area contributed by atoms with E-state index < -0.39 is 0 Å². The second-order valence-electron chi connectivity index (χ2n) is 4.36. The molecular weight excluding hydrogens is 202 g/mol. The van der Waals surface area contributed by atoms with Gasteiger partial charge in [-0.05, 0) is 44.4 Å². The maximum absolute atomic E-state index is 10.2. The van der Waals surface area contributed by atoms with Gasteiger partial charge in [-0.15, -0.1) is 0 Å². The molecule has 3 heteroatoms. The average Bonchev–Trinajstić information content (AvgIpc) is 2.27. The maximum atomic E-state index is 10.2. The van der Waals surface area contributed by atoms with E-state index in [1.54, 1.807) is 13.2 Å². The Bertz CT molecular complexity index is 375. The van der Waals surface area contributed by atoms with Crippen molar-refractivity contribution in [3.63, 3.8) is 0 Å². The van der Waals surface area contributed by atoms with Crippen LogP contribution in [0.3, 0.4) is 0 Å². The summed E-state index contributed by atoms with van der Waals surface area (Å²) in [6.07, 6.45) is 3.34. The molecule has 0 spiro atoms. The number of hydrogen-bond donors (Lipinski definition) is 0. The van der Waals surface area contributed by atoms with Gasteiger partial charge in [-0.1, -0.05) is 12.1 Å². The minimum atomic E-state index is -0.332. The number of ether oxygens (including phenoxy) is 1. The normalized spacial score (nSPS) is 10.7. The lowest BCUT2D eigenvalue weighted by molar-refractivity contribution is 0.414. The molecule has 86 valence electrons. The van der Waals surface area contributed by atoms with Crippen molar-refractivity contribution in [2.45, 2.75) is 32.2 Å². The van der Waals surface area contributed by atoms with E-state index in [1.165, 1.54) is 5.56 Å². The molecule has 0 unspecified atom stereocenters. The first kappa shape index (κ1) is 12.5. The highest BCUT2D eigenvalue weighted by Gasteiger charge is 2.15. The van der Waals surface area contributed by atoms with Crippen molar-refractivity contribution in [2.24, 2.45) is 4.99 Å². The van der Waals surface area contributed by atoms with Gasteiger partial charge in [0.05, 0.1) is 12.6 Å². The minimum absolute atomic E-state index is 0.332. The Morgan fingerprint density at radius 1 is 1.31 bits per heavy atom. The smallest absolute Gasteiger partial charge is 0.235 e. The summed E-state index contributed by atoms with van der Waals surface area (Å²) in [7, 11) is 1.65. The predicted octanol–water partition coefficient (Wildman–Crippen LogP) is 2.74. The molecule has 0 N–H and O–H groups in total. The highest BCUT2D eigenvalue weighted by molar-refractivity contribution is 5.34. The van der Waals surface area contributed by atoms with Crippen molar-refractivity contribution in [3.05, 3.63) is 29.8 Å². The van der Waals surface area contributed by atoms with Gasteiger partial charge in [0.15, 0.2) is 0 Å². The van der Waals surface area contributed by atoms with Gasteiger partial charge in [0, 0.05) is 0 Å². The van der Waals surface area contributed by atoms with Crippen LogP contribution in [0.5, 0.6) is 5.75 Å². The fourth-order valence-corrected chi connectivity index (χ4v) is 1.42. The predicted molar refractivity (Wildman–Crippen MR) is 63.5 cm³/mol. The number of isocyanates is 1. The molecule has 0 fully saturated rings. The van der Waals surface area contributed by atoms with E-state index in [4.69, 9.17) is 4.74 Å². The van der Waals surface area contributed by atoms with Crippen LogP contribution in [-0.2, 0) is 11.2 Å². The summed E-state index contributed by atoms with van der Waals surface area (Å²) in [5.74, 6) is 0.855. The second kappa shape index (κ2) is 5.47. The van der Waals surface area contributed by atoms with Crippen LogP contribution in [-0.4, -0.2) is 18.7 Å². The summed E-state index contributed by atoms with van der Waals surface area (Å²) >= 11 is 0. The monoisotopic (exact) mass is 219 g/mol. The Balaban J connectivity index is 2.57. The molecule has 1 aromatic rings. The number of benzene rings is 1. The third-order valence-electron chi connectivity index (χ3n) is 2.53. The molecule has 0 aliphatic heterocycles. The molecule has 0 heterocycles. The number of rotatable bonds is 5. The molecule has 0 saturated heterocycles. The van der Waals surface area contributed by atoms with Gasteiger partial charge in [-0.25, -0.2) is 4.79 Å². The zero-order valence-corrected chi connectivity index (χ0v) is 9.99. The molecule has 1 aromatic carbocycles. The topological polar surface area (TPSA) is 38.7 Å². The summed E-state index contributed by atoms with van der Waals surface area (Å²) in [5.41, 5.74) is 0.886. The summed E-state index contributed by atoms with van der Waals surface area (Å²) in [5, 5.41) is 0. The second-order valence-corrected chi connectivity index (χ2v) is 4.36. The van der Waals surface area contributed by atoms with Crippen LogP contribution < -0.4 is 4.74 Å². The van der Waals surface area contributed by atoms with Gasteiger partial charge in [-0.3, -0.25) is 0 Å². The van der Waals surface area contributed by atoms with E-state index in [0.717, 1.165) is 18.6 Å². The number of carbonyl (C=O) groups excluding carboxylic acids is 1. The highest BCUT2D eigenvalue weighted by Crippen LogP contribution is 2.19. The molecule has 16 heavy (non-hydrogen) atoms. The van der Waals surface area contributed by atoms with Gasteiger partial charge < -0.3 is 4.74 Å². The van der Waals surface area contributed by atoms with Gasteiger partial charge >= 0.3 is 0 Å². The largest absolute Gasteiger partial charge is 0.497 e. The van der Waals surface area contributed by atoms with Crippen LogP contribution in [0.2, 0.25) is 0 Å². The van der Waals surface area contributed by atoms with E-state index in [2.05, 4.69) is 4.99 Å². The molecule has 3 nitrogen and oxygen atoms in total. The molecule has 0 aromatic heterocycles. The van der Waals surface area contributed by atoms with Gasteiger partial charge in [0.25, 0.3) is 0 Å². The Kier molecular flexibility index (Phi) is 4.27. The summed E-state index contributed by atoms with van der Waals surface area (Å²) in [6, 6.07) is 7.93. The highest BCUT2D eigenvalue weighted by atomic mass is 16.5. The molecule has 0 bridgehead atoms. The first-order chi connectivity index (χ1) is 7.57. The number of aliphatic imine (C=N–C) groups is 1. The standard InChI is InChI=1S/C13H17NO2/c1-13(2,14-10-15)9-8-11-4-6-12(16-3)7-5-11/h4-7H,8-9H2,1-3H3. The quantitative estimate of drug-likeness (QED) is 0.564.